The molecule has 0 aliphatic rings. The van der Waals surface area contributed by atoms with Crippen molar-refractivity contribution in [2.45, 2.75) is 12.1 Å². The van der Waals surface area contributed by atoms with E-state index in [4.69, 9.17) is 0 Å². The molecule has 34 heavy (non-hydrogen) atoms. The summed E-state index contributed by atoms with van der Waals surface area (Å²) in [6, 6.07) is 22.7. The van der Waals surface area contributed by atoms with Crippen molar-refractivity contribution < 1.29 is 4.79 Å². The van der Waals surface area contributed by atoms with E-state index in [1.165, 1.54) is 11.8 Å². The highest BCUT2D eigenvalue weighted by atomic mass is 32.2. The van der Waals surface area contributed by atoms with Crippen LogP contribution in [0.5, 0.6) is 0 Å². The van der Waals surface area contributed by atoms with Crippen molar-refractivity contribution in [3.8, 4) is 5.69 Å². The Hall–Kier alpha value is -4.17. The number of rotatable bonds is 6. The van der Waals surface area contributed by atoms with Gasteiger partial charge in [0.15, 0.2) is 5.16 Å². The van der Waals surface area contributed by atoms with Crippen molar-refractivity contribution in [1.82, 2.24) is 20.0 Å². The third kappa shape index (κ3) is 4.23. The van der Waals surface area contributed by atoms with E-state index in [2.05, 4.69) is 20.5 Å². The zero-order valence-corrected chi connectivity index (χ0v) is 19.2. The molecule has 0 radical (unpaired) electrons. The van der Waals surface area contributed by atoms with Crippen LogP contribution in [0.15, 0.2) is 94.0 Å². The summed E-state index contributed by atoms with van der Waals surface area (Å²) in [5.41, 5.74) is 6.55. The third-order valence-electron chi connectivity index (χ3n) is 5.45. The Kier molecular flexibility index (Phi) is 5.97. The molecule has 0 unspecified atom stereocenters. The van der Waals surface area contributed by atoms with Gasteiger partial charge < -0.3 is 4.98 Å². The van der Waals surface area contributed by atoms with Crippen molar-refractivity contribution in [1.29, 1.82) is 0 Å². The number of aryl methyl sites for hydroxylation is 1. The number of aromatic nitrogens is 3. The van der Waals surface area contributed by atoms with E-state index in [0.29, 0.717) is 16.1 Å². The second kappa shape index (κ2) is 9.36. The van der Waals surface area contributed by atoms with Crippen LogP contribution in [-0.2, 0) is 4.79 Å². The Labute approximate surface area is 199 Å². The SMILES string of the molecule is Cc1ccccc1-n1c(SCC(=O)NN=Cc2c[nH]c3ccccc23)nc2ccccc2c1=O. The summed E-state index contributed by atoms with van der Waals surface area (Å²) in [5.74, 6) is -0.234. The Morgan fingerprint density at radius 1 is 1.06 bits per heavy atom. The molecule has 1 amide bonds. The van der Waals surface area contributed by atoms with Gasteiger partial charge in [-0.3, -0.25) is 14.2 Å². The summed E-state index contributed by atoms with van der Waals surface area (Å²) in [4.78, 5) is 33.7. The molecule has 2 aromatic heterocycles. The molecule has 8 heteroatoms. The van der Waals surface area contributed by atoms with Gasteiger partial charge in [0.25, 0.3) is 11.5 Å². The summed E-state index contributed by atoms with van der Waals surface area (Å²) >= 11 is 1.20. The first-order valence-corrected chi connectivity index (χ1v) is 11.7. The fourth-order valence-corrected chi connectivity index (χ4v) is 4.57. The number of benzene rings is 3. The minimum Gasteiger partial charge on any atom is -0.361 e. The minimum atomic E-state index is -0.292. The van der Waals surface area contributed by atoms with E-state index in [1.54, 1.807) is 22.9 Å². The van der Waals surface area contributed by atoms with Crippen LogP contribution in [0.25, 0.3) is 27.5 Å². The van der Waals surface area contributed by atoms with Crippen LogP contribution in [0.4, 0.5) is 0 Å². The van der Waals surface area contributed by atoms with Crippen molar-refractivity contribution in [3.05, 3.63) is 100 Å². The van der Waals surface area contributed by atoms with E-state index < -0.39 is 0 Å². The van der Waals surface area contributed by atoms with Gasteiger partial charge in [0.1, 0.15) is 0 Å². The monoisotopic (exact) mass is 467 g/mol. The van der Waals surface area contributed by atoms with Crippen LogP contribution >= 0.6 is 11.8 Å². The average molecular weight is 468 g/mol. The number of para-hydroxylation sites is 3. The first-order chi connectivity index (χ1) is 16.6. The molecule has 2 heterocycles. The Balaban J connectivity index is 1.38. The topological polar surface area (TPSA) is 92.1 Å². The van der Waals surface area contributed by atoms with Gasteiger partial charge in [-0.2, -0.15) is 5.10 Å². The second-order valence-corrected chi connectivity index (χ2v) is 8.65. The van der Waals surface area contributed by atoms with E-state index >= 15 is 0 Å². The van der Waals surface area contributed by atoms with Crippen LogP contribution in [0.1, 0.15) is 11.1 Å². The summed E-state index contributed by atoms with van der Waals surface area (Å²) in [6.45, 7) is 1.94. The highest BCUT2D eigenvalue weighted by molar-refractivity contribution is 7.99. The number of nitrogens with zero attached hydrogens (tertiary/aromatic N) is 3. The zero-order valence-electron chi connectivity index (χ0n) is 18.4. The maximum Gasteiger partial charge on any atom is 0.266 e. The first kappa shape index (κ1) is 21.7. The third-order valence-corrected chi connectivity index (χ3v) is 6.39. The van der Waals surface area contributed by atoms with Crippen molar-refractivity contribution >= 4 is 45.7 Å². The normalized spacial score (nSPS) is 11.4. The van der Waals surface area contributed by atoms with Crippen molar-refractivity contribution in [2.75, 3.05) is 5.75 Å². The molecule has 2 N–H and O–H groups in total. The minimum absolute atomic E-state index is 0.0574. The fourth-order valence-electron chi connectivity index (χ4n) is 3.77. The zero-order chi connectivity index (χ0) is 23.5. The number of amides is 1. The van der Waals surface area contributed by atoms with E-state index in [-0.39, 0.29) is 17.2 Å². The van der Waals surface area contributed by atoms with E-state index in [0.717, 1.165) is 27.7 Å². The Bertz CT molecular complexity index is 1600. The molecule has 0 saturated carbocycles. The highest BCUT2D eigenvalue weighted by Crippen LogP contribution is 2.23. The number of thioether (sulfide) groups is 1. The number of hydrazone groups is 1. The predicted molar refractivity (Wildman–Crippen MR) is 137 cm³/mol. The van der Waals surface area contributed by atoms with Crippen LogP contribution in [0.2, 0.25) is 0 Å². The lowest BCUT2D eigenvalue weighted by molar-refractivity contribution is -0.118. The molecule has 0 bridgehead atoms. The standard InChI is InChI=1S/C26H21N5O2S/c1-17-8-2-7-13-23(17)31-25(33)20-10-4-6-12-22(20)29-26(31)34-16-24(32)30-28-15-18-14-27-21-11-5-3-9-19(18)21/h2-15,27H,16H2,1H3,(H,30,32). The van der Waals surface area contributed by atoms with Crippen molar-refractivity contribution in [3.63, 3.8) is 0 Å². The van der Waals surface area contributed by atoms with Gasteiger partial charge in [-0.05, 0) is 36.8 Å². The highest BCUT2D eigenvalue weighted by Gasteiger charge is 2.15. The van der Waals surface area contributed by atoms with Crippen molar-refractivity contribution in [2.24, 2.45) is 5.10 Å². The molecular weight excluding hydrogens is 446 g/mol. The van der Waals surface area contributed by atoms with Gasteiger partial charge in [0.05, 0.1) is 28.6 Å². The molecule has 0 saturated heterocycles. The summed E-state index contributed by atoms with van der Waals surface area (Å²) in [6.07, 6.45) is 3.45. The predicted octanol–water partition coefficient (Wildman–Crippen LogP) is 4.42. The van der Waals surface area contributed by atoms with Gasteiger partial charge in [-0.15, -0.1) is 0 Å². The quantitative estimate of drug-likeness (QED) is 0.167. The maximum absolute atomic E-state index is 13.3. The molecule has 0 spiro atoms. The van der Waals surface area contributed by atoms with Gasteiger partial charge in [0, 0.05) is 22.7 Å². The van der Waals surface area contributed by atoms with Crippen LogP contribution in [0, 0.1) is 6.92 Å². The van der Waals surface area contributed by atoms with Crippen LogP contribution < -0.4 is 11.0 Å². The molecule has 5 aromatic rings. The summed E-state index contributed by atoms with van der Waals surface area (Å²) < 4.78 is 1.57. The molecule has 5 rings (SSSR count). The second-order valence-electron chi connectivity index (χ2n) is 7.71. The number of carbonyl (C=O) groups excluding carboxylic acids is 1. The lowest BCUT2D eigenvalue weighted by Crippen LogP contribution is -2.24. The summed E-state index contributed by atoms with van der Waals surface area (Å²) in [7, 11) is 0. The lowest BCUT2D eigenvalue weighted by Gasteiger charge is -2.14. The number of fused-ring (bicyclic) bond motifs is 2. The average Bonchev–Trinajstić information content (AvgIpc) is 3.27. The van der Waals surface area contributed by atoms with Gasteiger partial charge >= 0.3 is 0 Å². The molecule has 0 aliphatic heterocycles. The van der Waals surface area contributed by atoms with E-state index in [1.807, 2.05) is 73.8 Å². The number of H-pyrrole nitrogens is 1. The molecule has 168 valence electrons. The van der Waals surface area contributed by atoms with E-state index in [9.17, 15) is 9.59 Å². The number of carbonyl (C=O) groups is 1. The first-order valence-electron chi connectivity index (χ1n) is 10.7. The fraction of sp³-hybridized carbons (Fsp3) is 0.0769. The van der Waals surface area contributed by atoms with Gasteiger partial charge in [-0.25, -0.2) is 10.4 Å². The molecule has 0 aliphatic carbocycles. The number of hydrogen-bond donors (Lipinski definition) is 2. The molecule has 0 atom stereocenters. The number of hydrogen-bond acceptors (Lipinski definition) is 5. The van der Waals surface area contributed by atoms with Gasteiger partial charge in [0.2, 0.25) is 0 Å². The molecule has 0 fully saturated rings. The summed E-state index contributed by atoms with van der Waals surface area (Å²) in [5, 5.41) is 6.10. The molecule has 3 aromatic carbocycles. The Morgan fingerprint density at radius 2 is 1.79 bits per heavy atom. The smallest absolute Gasteiger partial charge is 0.266 e. The lowest BCUT2D eigenvalue weighted by atomic mass is 10.2. The Morgan fingerprint density at radius 3 is 2.65 bits per heavy atom. The molecular formula is C26H21N5O2S. The largest absolute Gasteiger partial charge is 0.361 e. The van der Waals surface area contributed by atoms with Crippen LogP contribution in [0.3, 0.4) is 0 Å². The number of nitrogens with one attached hydrogen (secondary N) is 2. The van der Waals surface area contributed by atoms with Crippen LogP contribution in [-0.4, -0.2) is 32.4 Å². The maximum atomic E-state index is 13.3. The molecule has 7 nitrogen and oxygen atoms in total. The van der Waals surface area contributed by atoms with Gasteiger partial charge in [-0.1, -0.05) is 60.3 Å². The number of aromatic amines is 1.